The van der Waals surface area contributed by atoms with Gasteiger partial charge >= 0.3 is 0 Å². The molecule has 0 aliphatic heterocycles. The van der Waals surface area contributed by atoms with Crippen LogP contribution in [0.15, 0.2) is 30.6 Å². The average Bonchev–Trinajstić information content (AvgIpc) is 2.78. The second kappa shape index (κ2) is 6.02. The van der Waals surface area contributed by atoms with Crippen molar-refractivity contribution in [1.82, 2.24) is 19.5 Å². The van der Waals surface area contributed by atoms with Gasteiger partial charge in [0.15, 0.2) is 0 Å². The maximum Gasteiger partial charge on any atom is 0.215 e. The predicted molar refractivity (Wildman–Crippen MR) is 76.2 cm³/mol. The lowest BCUT2D eigenvalue weighted by Gasteiger charge is -2.07. The van der Waals surface area contributed by atoms with E-state index in [9.17, 15) is 8.42 Å². The molecular weight excluding hydrogens is 278 g/mol. The lowest BCUT2D eigenvalue weighted by molar-refractivity contribution is 0.579. The molecule has 0 fully saturated rings. The summed E-state index contributed by atoms with van der Waals surface area (Å²) in [7, 11) is -1.54. The molecule has 0 aliphatic rings. The van der Waals surface area contributed by atoms with E-state index in [0.717, 1.165) is 5.82 Å². The van der Waals surface area contributed by atoms with Gasteiger partial charge in [-0.3, -0.25) is 0 Å². The normalized spacial score (nSPS) is 11.7. The minimum atomic E-state index is -3.36. The second-order valence-corrected chi connectivity index (χ2v) is 6.31. The molecule has 0 saturated heterocycles. The number of sulfonamides is 1. The Labute approximate surface area is 117 Å². The molecule has 0 aliphatic carbocycles. The van der Waals surface area contributed by atoms with Crippen LogP contribution in [-0.2, 0) is 29.2 Å². The first-order valence-electron chi connectivity index (χ1n) is 6.11. The summed E-state index contributed by atoms with van der Waals surface area (Å²) in [5.41, 5.74) is 6.87. The van der Waals surface area contributed by atoms with Gasteiger partial charge < -0.3 is 10.3 Å². The Balaban J connectivity index is 1.88. The van der Waals surface area contributed by atoms with Crippen LogP contribution >= 0.6 is 0 Å². The van der Waals surface area contributed by atoms with Gasteiger partial charge in [0.05, 0.1) is 5.75 Å². The number of hydrogen-bond acceptors (Lipinski definition) is 5. The number of nitrogens with two attached hydrogens (primary N) is 1. The first-order chi connectivity index (χ1) is 9.46. The lowest BCUT2D eigenvalue weighted by atomic mass is 10.2. The number of nitrogens with one attached hydrogen (secondary N) is 1. The third-order valence-electron chi connectivity index (χ3n) is 2.81. The fourth-order valence-electron chi connectivity index (χ4n) is 1.74. The lowest BCUT2D eigenvalue weighted by Crippen LogP contribution is -2.27. The van der Waals surface area contributed by atoms with Crippen molar-refractivity contribution in [1.29, 1.82) is 0 Å². The van der Waals surface area contributed by atoms with Gasteiger partial charge in [0, 0.05) is 25.7 Å². The molecule has 2 aromatic rings. The topological polar surface area (TPSA) is 103 Å². The maximum absolute atomic E-state index is 11.9. The molecule has 1 heterocycles. The van der Waals surface area contributed by atoms with Crippen LogP contribution in [0.2, 0.25) is 0 Å². The van der Waals surface area contributed by atoms with E-state index < -0.39 is 10.0 Å². The van der Waals surface area contributed by atoms with Crippen molar-refractivity contribution in [3.63, 3.8) is 0 Å². The standard InChI is InChI=1S/C12H17N5O2S/c1-17-9-14-16-12(17)6-7-15-20(18,19)8-10-2-4-11(13)5-3-10/h2-5,9,15H,6-8,13H2,1H3. The first-order valence-corrected chi connectivity index (χ1v) is 7.76. The quantitative estimate of drug-likeness (QED) is 0.734. The van der Waals surface area contributed by atoms with Crippen molar-refractivity contribution >= 4 is 15.7 Å². The number of aryl methyl sites for hydroxylation is 1. The second-order valence-electron chi connectivity index (χ2n) is 4.50. The summed E-state index contributed by atoms with van der Waals surface area (Å²) in [5.74, 6) is 0.673. The van der Waals surface area contributed by atoms with E-state index in [4.69, 9.17) is 5.73 Å². The third kappa shape index (κ3) is 4.04. The molecule has 0 amide bonds. The molecule has 108 valence electrons. The predicted octanol–water partition coefficient (Wildman–Crippen LogP) is 0.0594. The maximum atomic E-state index is 11.9. The number of hydrogen-bond donors (Lipinski definition) is 2. The van der Waals surface area contributed by atoms with Crippen molar-refractivity contribution in [3.05, 3.63) is 42.0 Å². The SMILES string of the molecule is Cn1cnnc1CCNS(=O)(=O)Cc1ccc(N)cc1. The summed E-state index contributed by atoms with van der Waals surface area (Å²) in [4.78, 5) is 0. The highest BCUT2D eigenvalue weighted by Gasteiger charge is 2.11. The summed E-state index contributed by atoms with van der Waals surface area (Å²) in [5, 5.41) is 7.63. The van der Waals surface area contributed by atoms with Crippen LogP contribution in [0, 0.1) is 0 Å². The van der Waals surface area contributed by atoms with E-state index in [0.29, 0.717) is 24.2 Å². The molecule has 20 heavy (non-hydrogen) atoms. The van der Waals surface area contributed by atoms with Crippen LogP contribution in [-0.4, -0.2) is 29.7 Å². The molecule has 0 saturated carbocycles. The summed E-state index contributed by atoms with van der Waals surface area (Å²) >= 11 is 0. The summed E-state index contributed by atoms with van der Waals surface area (Å²) in [6.45, 7) is 0.295. The number of benzene rings is 1. The minimum Gasteiger partial charge on any atom is -0.399 e. The fraction of sp³-hybridized carbons (Fsp3) is 0.333. The summed E-state index contributed by atoms with van der Waals surface area (Å²) < 4.78 is 28.1. The number of rotatable bonds is 6. The highest BCUT2D eigenvalue weighted by atomic mass is 32.2. The van der Waals surface area contributed by atoms with E-state index >= 15 is 0 Å². The van der Waals surface area contributed by atoms with Crippen LogP contribution in [0.4, 0.5) is 5.69 Å². The molecule has 3 N–H and O–H groups in total. The van der Waals surface area contributed by atoms with Crippen molar-refractivity contribution in [2.45, 2.75) is 12.2 Å². The van der Waals surface area contributed by atoms with E-state index in [1.807, 2.05) is 7.05 Å². The van der Waals surface area contributed by atoms with Gasteiger partial charge in [-0.1, -0.05) is 12.1 Å². The monoisotopic (exact) mass is 295 g/mol. The minimum absolute atomic E-state index is 0.0634. The molecule has 2 rings (SSSR count). The van der Waals surface area contributed by atoms with Gasteiger partial charge in [-0.05, 0) is 17.7 Å². The van der Waals surface area contributed by atoms with Crippen LogP contribution in [0.1, 0.15) is 11.4 Å². The van der Waals surface area contributed by atoms with Crippen LogP contribution in [0.25, 0.3) is 0 Å². The Bertz CT molecular complexity index is 663. The van der Waals surface area contributed by atoms with Crippen molar-refractivity contribution in [3.8, 4) is 0 Å². The Morgan fingerprint density at radius 1 is 1.30 bits per heavy atom. The van der Waals surface area contributed by atoms with Crippen molar-refractivity contribution < 1.29 is 8.42 Å². The number of anilines is 1. The molecule has 7 nitrogen and oxygen atoms in total. The van der Waals surface area contributed by atoms with Gasteiger partial charge in [-0.25, -0.2) is 13.1 Å². The highest BCUT2D eigenvalue weighted by Crippen LogP contribution is 2.08. The summed E-state index contributed by atoms with van der Waals surface area (Å²) in [6.07, 6.45) is 2.08. The first kappa shape index (κ1) is 14.5. The molecule has 0 bridgehead atoms. The average molecular weight is 295 g/mol. The van der Waals surface area contributed by atoms with Crippen LogP contribution < -0.4 is 10.5 Å². The Morgan fingerprint density at radius 2 is 2.00 bits per heavy atom. The molecule has 1 aromatic carbocycles. The Kier molecular flexibility index (Phi) is 4.35. The van der Waals surface area contributed by atoms with E-state index in [1.54, 1.807) is 35.2 Å². The zero-order valence-electron chi connectivity index (χ0n) is 11.2. The van der Waals surface area contributed by atoms with E-state index in [1.165, 1.54) is 0 Å². The molecule has 8 heteroatoms. The number of nitrogen functional groups attached to an aromatic ring is 1. The van der Waals surface area contributed by atoms with Gasteiger partial charge in [-0.15, -0.1) is 10.2 Å². The molecule has 0 unspecified atom stereocenters. The fourth-order valence-corrected chi connectivity index (χ4v) is 2.88. The molecule has 0 spiro atoms. The number of nitrogens with zero attached hydrogens (tertiary/aromatic N) is 3. The Morgan fingerprint density at radius 3 is 2.60 bits per heavy atom. The largest absolute Gasteiger partial charge is 0.399 e. The molecule has 0 radical (unpaired) electrons. The number of aromatic nitrogens is 3. The van der Waals surface area contributed by atoms with Gasteiger partial charge in [0.25, 0.3) is 0 Å². The zero-order chi connectivity index (χ0) is 14.6. The van der Waals surface area contributed by atoms with Gasteiger partial charge in [0.1, 0.15) is 12.2 Å². The van der Waals surface area contributed by atoms with Crippen LogP contribution in [0.5, 0.6) is 0 Å². The van der Waals surface area contributed by atoms with E-state index in [2.05, 4.69) is 14.9 Å². The third-order valence-corrected chi connectivity index (χ3v) is 4.17. The Hall–Kier alpha value is -1.93. The van der Waals surface area contributed by atoms with E-state index in [-0.39, 0.29) is 5.75 Å². The molecular formula is C12H17N5O2S. The zero-order valence-corrected chi connectivity index (χ0v) is 12.0. The van der Waals surface area contributed by atoms with Gasteiger partial charge in [-0.2, -0.15) is 0 Å². The highest BCUT2D eigenvalue weighted by molar-refractivity contribution is 7.88. The smallest absolute Gasteiger partial charge is 0.215 e. The van der Waals surface area contributed by atoms with Gasteiger partial charge in [0.2, 0.25) is 10.0 Å². The van der Waals surface area contributed by atoms with Crippen molar-refractivity contribution in [2.24, 2.45) is 7.05 Å². The summed E-state index contributed by atoms with van der Waals surface area (Å²) in [6, 6.07) is 6.78. The molecule has 0 atom stereocenters. The molecule has 1 aromatic heterocycles. The van der Waals surface area contributed by atoms with Crippen LogP contribution in [0.3, 0.4) is 0 Å². The van der Waals surface area contributed by atoms with Crippen molar-refractivity contribution in [2.75, 3.05) is 12.3 Å².